The average molecular weight is 636 g/mol. The molecule has 0 spiro atoms. The third-order valence-corrected chi connectivity index (χ3v) is 9.29. The summed E-state index contributed by atoms with van der Waals surface area (Å²) in [5.74, 6) is -3.79. The number of para-hydroxylation sites is 1. The van der Waals surface area contributed by atoms with Crippen LogP contribution in [0.5, 0.6) is 0 Å². The van der Waals surface area contributed by atoms with Crippen LogP contribution in [0.3, 0.4) is 0 Å². The van der Waals surface area contributed by atoms with E-state index in [0.717, 1.165) is 32.0 Å². The molecule has 1 amide bonds. The van der Waals surface area contributed by atoms with Gasteiger partial charge in [-0.1, -0.05) is 48.5 Å². The van der Waals surface area contributed by atoms with E-state index in [1.54, 1.807) is 30.3 Å². The lowest BCUT2D eigenvalue weighted by Gasteiger charge is -2.22. The quantitative estimate of drug-likeness (QED) is 0.239. The molecule has 1 saturated heterocycles. The monoisotopic (exact) mass is 635 g/mol. The number of aryl methyl sites for hydroxylation is 1. The molecule has 7 nitrogen and oxygen atoms in total. The number of nitrogens with zero attached hydrogens (tertiary/aromatic N) is 2. The lowest BCUT2D eigenvalue weighted by Crippen LogP contribution is -2.43. The van der Waals surface area contributed by atoms with Crippen molar-refractivity contribution in [2.45, 2.75) is 56.8 Å². The smallest absolute Gasteiger partial charge is 0.417 e. The predicted octanol–water partition coefficient (Wildman–Crippen LogP) is 5.80. The van der Waals surface area contributed by atoms with Crippen molar-refractivity contribution in [1.29, 1.82) is 0 Å². The highest BCUT2D eigenvalue weighted by Gasteiger charge is 2.42. The van der Waals surface area contributed by atoms with Gasteiger partial charge < -0.3 is 15.0 Å². The Morgan fingerprint density at radius 2 is 1.70 bits per heavy atom. The Morgan fingerprint density at radius 1 is 1.00 bits per heavy atom. The second-order valence-electron chi connectivity index (χ2n) is 12.1. The van der Waals surface area contributed by atoms with E-state index in [0.29, 0.717) is 35.2 Å². The zero-order chi connectivity index (χ0) is 32.7. The van der Waals surface area contributed by atoms with Gasteiger partial charge in [0.15, 0.2) is 0 Å². The van der Waals surface area contributed by atoms with E-state index in [-0.39, 0.29) is 34.9 Å². The Hall–Kier alpha value is -4.51. The maximum atomic E-state index is 15.0. The molecule has 1 fully saturated rings. The zero-order valence-corrected chi connectivity index (χ0v) is 25.2. The van der Waals surface area contributed by atoms with Crippen molar-refractivity contribution in [2.24, 2.45) is 7.05 Å². The molecule has 2 heterocycles. The minimum absolute atomic E-state index is 0.0670. The molecule has 0 bridgehead atoms. The fourth-order valence-electron chi connectivity index (χ4n) is 7.16. The van der Waals surface area contributed by atoms with E-state index in [1.165, 1.54) is 35.9 Å². The van der Waals surface area contributed by atoms with Crippen LogP contribution in [-0.4, -0.2) is 45.6 Å². The van der Waals surface area contributed by atoms with Gasteiger partial charge in [0.1, 0.15) is 11.9 Å². The molecule has 0 unspecified atom stereocenters. The summed E-state index contributed by atoms with van der Waals surface area (Å²) in [5, 5.41) is 12.5. The first kappa shape index (κ1) is 31.5. The van der Waals surface area contributed by atoms with E-state index in [1.807, 2.05) is 0 Å². The number of fused-ring (bicyclic) bond motifs is 2. The van der Waals surface area contributed by atoms with Gasteiger partial charge in [-0.05, 0) is 73.2 Å². The van der Waals surface area contributed by atoms with Crippen LogP contribution in [0.1, 0.15) is 68.9 Å². The predicted molar refractivity (Wildman–Crippen MR) is 164 cm³/mol. The Bertz CT molecular complexity index is 1900. The molecular formula is C35H33F4N3O4. The van der Waals surface area contributed by atoms with E-state index in [2.05, 4.69) is 10.2 Å². The van der Waals surface area contributed by atoms with Crippen LogP contribution in [0.4, 0.5) is 17.6 Å². The third kappa shape index (κ3) is 5.79. The summed E-state index contributed by atoms with van der Waals surface area (Å²) in [6.45, 7) is 2.01. The number of amides is 1. The maximum Gasteiger partial charge on any atom is 0.417 e. The van der Waals surface area contributed by atoms with Gasteiger partial charge in [0.2, 0.25) is 0 Å². The Balaban J connectivity index is 1.33. The number of rotatable bonds is 8. The van der Waals surface area contributed by atoms with Crippen molar-refractivity contribution in [2.75, 3.05) is 13.1 Å². The minimum atomic E-state index is -4.79. The van der Waals surface area contributed by atoms with E-state index in [4.69, 9.17) is 0 Å². The summed E-state index contributed by atoms with van der Waals surface area (Å²) >= 11 is 0. The molecule has 2 atom stereocenters. The summed E-state index contributed by atoms with van der Waals surface area (Å²) in [6.07, 6.45) is -2.41. The standard InChI is InChI=1S/C35H33F4N3O4/c1-41-28-13-3-2-10-25(28)31(35(37,38)39)30(33(41)44)24-15-14-22-20(8-6-11-23(22)24)18-27(34(45)46)40-32(43)29-21(9-7-12-26(29)36)19-42-16-4-5-17-42/h2-3,6-13,24,27H,4-5,14-19H2,1H3,(H,40,43)(H,45,46)/t24-,27-/m0/s1. The number of carboxylic acids is 1. The largest absolute Gasteiger partial charge is 0.480 e. The number of carbonyl (C=O) groups excluding carboxylic acids is 1. The first-order valence-corrected chi connectivity index (χ1v) is 15.3. The molecule has 11 heteroatoms. The molecular weight excluding hydrogens is 602 g/mol. The Labute approximate surface area is 262 Å². The number of carboxylic acid groups (broad SMARTS) is 1. The van der Waals surface area contributed by atoms with Crippen LogP contribution in [0, 0.1) is 5.82 Å². The molecule has 1 aliphatic heterocycles. The van der Waals surface area contributed by atoms with Gasteiger partial charge in [-0.15, -0.1) is 0 Å². The Kier molecular flexibility index (Phi) is 8.45. The normalized spacial score (nSPS) is 17.3. The first-order valence-electron chi connectivity index (χ1n) is 15.3. The van der Waals surface area contributed by atoms with E-state index < -0.39 is 47.0 Å². The number of hydrogen-bond donors (Lipinski definition) is 2. The highest BCUT2D eigenvalue weighted by atomic mass is 19.4. The van der Waals surface area contributed by atoms with Gasteiger partial charge in [0.25, 0.3) is 11.5 Å². The number of alkyl halides is 3. The molecule has 2 aliphatic rings. The molecule has 46 heavy (non-hydrogen) atoms. The number of benzene rings is 3. The fraction of sp³-hybridized carbons (Fsp3) is 0.343. The van der Waals surface area contributed by atoms with Crippen LogP contribution < -0.4 is 10.9 Å². The zero-order valence-electron chi connectivity index (χ0n) is 25.2. The lowest BCUT2D eigenvalue weighted by atomic mass is 9.87. The summed E-state index contributed by atoms with van der Waals surface area (Å²) in [6, 6.07) is 13.8. The molecule has 6 rings (SSSR count). The number of aromatic nitrogens is 1. The second kappa shape index (κ2) is 12.4. The molecule has 0 radical (unpaired) electrons. The van der Waals surface area contributed by atoms with Crippen LogP contribution in [-0.2, 0) is 37.4 Å². The summed E-state index contributed by atoms with van der Waals surface area (Å²) in [5.41, 5.74) is 0.107. The molecule has 2 N–H and O–H groups in total. The van der Waals surface area contributed by atoms with E-state index in [9.17, 15) is 37.1 Å². The maximum absolute atomic E-state index is 15.0. The SMILES string of the molecule is Cn1c(=O)c([C@H]2CCc3c(C[C@H](NC(=O)c4c(F)cccc4CN4CCCC4)C(=O)O)cccc32)c(C(F)(F)F)c2ccccc21. The molecule has 1 aliphatic carbocycles. The van der Waals surface area contributed by atoms with Crippen LogP contribution in [0.25, 0.3) is 10.9 Å². The van der Waals surface area contributed by atoms with E-state index >= 15 is 0 Å². The Morgan fingerprint density at radius 3 is 2.41 bits per heavy atom. The van der Waals surface area contributed by atoms with Gasteiger partial charge in [0.05, 0.1) is 16.6 Å². The van der Waals surface area contributed by atoms with Gasteiger partial charge in [-0.25, -0.2) is 9.18 Å². The highest BCUT2D eigenvalue weighted by Crippen LogP contribution is 2.45. The molecule has 1 aromatic heterocycles. The summed E-state index contributed by atoms with van der Waals surface area (Å²) in [7, 11) is 1.45. The average Bonchev–Trinajstić information content (AvgIpc) is 3.68. The van der Waals surface area contributed by atoms with Gasteiger partial charge in [-0.3, -0.25) is 14.5 Å². The van der Waals surface area contributed by atoms with Crippen molar-refractivity contribution in [1.82, 2.24) is 14.8 Å². The van der Waals surface area contributed by atoms with Crippen molar-refractivity contribution in [3.8, 4) is 0 Å². The van der Waals surface area contributed by atoms with Crippen LogP contribution in [0.15, 0.2) is 65.5 Å². The van der Waals surface area contributed by atoms with Gasteiger partial charge in [0, 0.05) is 36.9 Å². The summed E-state index contributed by atoms with van der Waals surface area (Å²) < 4.78 is 60.0. The molecule has 0 saturated carbocycles. The molecule has 4 aromatic rings. The summed E-state index contributed by atoms with van der Waals surface area (Å²) in [4.78, 5) is 41.4. The molecule has 3 aromatic carbocycles. The van der Waals surface area contributed by atoms with Gasteiger partial charge in [-0.2, -0.15) is 13.2 Å². The first-order chi connectivity index (χ1) is 22.0. The van der Waals surface area contributed by atoms with Crippen molar-refractivity contribution in [3.63, 3.8) is 0 Å². The van der Waals surface area contributed by atoms with Crippen molar-refractivity contribution < 1.29 is 32.3 Å². The number of likely N-dealkylation sites (tertiary alicyclic amines) is 1. The van der Waals surface area contributed by atoms with Crippen molar-refractivity contribution in [3.05, 3.63) is 116 Å². The second-order valence-corrected chi connectivity index (χ2v) is 12.1. The lowest BCUT2D eigenvalue weighted by molar-refractivity contribution is -0.139. The number of aliphatic carboxylic acids is 1. The number of carbonyl (C=O) groups is 2. The number of halogens is 4. The van der Waals surface area contributed by atoms with Crippen LogP contribution in [0.2, 0.25) is 0 Å². The minimum Gasteiger partial charge on any atom is -0.480 e. The third-order valence-electron chi connectivity index (χ3n) is 9.29. The fourth-order valence-corrected chi connectivity index (χ4v) is 7.16. The highest BCUT2D eigenvalue weighted by molar-refractivity contribution is 5.98. The van der Waals surface area contributed by atoms with Crippen molar-refractivity contribution >= 4 is 22.8 Å². The van der Waals surface area contributed by atoms with Gasteiger partial charge >= 0.3 is 12.1 Å². The number of pyridine rings is 1. The number of nitrogens with one attached hydrogen (secondary N) is 1. The van der Waals surface area contributed by atoms with Crippen LogP contribution >= 0.6 is 0 Å². The molecule has 240 valence electrons. The topological polar surface area (TPSA) is 91.6 Å². The number of hydrogen-bond acceptors (Lipinski definition) is 4.